The number of carbonyl (C=O) groups excluding carboxylic acids is 1. The van der Waals surface area contributed by atoms with Gasteiger partial charge in [0, 0.05) is 25.2 Å². The molecule has 1 aliphatic carbocycles. The van der Waals surface area contributed by atoms with Gasteiger partial charge in [0.05, 0.1) is 11.9 Å². The summed E-state index contributed by atoms with van der Waals surface area (Å²) < 4.78 is 0. The highest BCUT2D eigenvalue weighted by molar-refractivity contribution is 5.96. The zero-order chi connectivity index (χ0) is 20.4. The number of nitrogens with two attached hydrogens (primary N) is 1. The van der Waals surface area contributed by atoms with Crippen LogP contribution in [0.15, 0.2) is 48.7 Å². The van der Waals surface area contributed by atoms with Crippen molar-refractivity contribution < 1.29 is 9.90 Å². The number of phenols is 1. The van der Waals surface area contributed by atoms with Crippen molar-refractivity contribution in [1.82, 2.24) is 20.6 Å². The molecule has 148 valence electrons. The maximum absolute atomic E-state index is 11.9. The van der Waals surface area contributed by atoms with Crippen LogP contribution in [0.5, 0.6) is 5.75 Å². The van der Waals surface area contributed by atoms with E-state index in [1.165, 1.54) is 12.6 Å². The van der Waals surface area contributed by atoms with E-state index >= 15 is 0 Å². The number of fused-ring (bicyclic) bond motifs is 1. The fourth-order valence-corrected chi connectivity index (χ4v) is 3.75. The van der Waals surface area contributed by atoms with Crippen LogP contribution in [0.25, 0.3) is 11.3 Å². The first-order valence-electron chi connectivity index (χ1n) is 9.55. The molecule has 1 aliphatic rings. The van der Waals surface area contributed by atoms with Gasteiger partial charge in [-0.3, -0.25) is 4.79 Å². The maximum Gasteiger partial charge on any atom is 0.273 e. The van der Waals surface area contributed by atoms with E-state index in [2.05, 4.69) is 26.7 Å². The highest BCUT2D eigenvalue weighted by atomic mass is 16.3. The number of hydrogen-bond donors (Lipinski definition) is 4. The van der Waals surface area contributed by atoms with Crippen LogP contribution < -0.4 is 16.4 Å². The number of carbonyl (C=O) groups is 1. The molecule has 0 radical (unpaired) electrons. The number of hydrogen-bond acceptors (Lipinski definition) is 6. The van der Waals surface area contributed by atoms with Gasteiger partial charge in [0.25, 0.3) is 5.91 Å². The molecule has 0 saturated heterocycles. The van der Waals surface area contributed by atoms with Crippen molar-refractivity contribution in [1.29, 1.82) is 0 Å². The first-order valence-corrected chi connectivity index (χ1v) is 9.55. The Kier molecular flexibility index (Phi) is 5.14. The van der Waals surface area contributed by atoms with Crippen molar-refractivity contribution in [3.63, 3.8) is 0 Å². The molecule has 1 aromatic heterocycles. The molecule has 2 aromatic carbocycles. The summed E-state index contributed by atoms with van der Waals surface area (Å²) in [6, 6.07) is 13.9. The molecule has 0 saturated carbocycles. The summed E-state index contributed by atoms with van der Waals surface area (Å²) in [5.41, 5.74) is 10.7. The molecule has 7 heteroatoms. The van der Waals surface area contributed by atoms with E-state index in [9.17, 15) is 9.90 Å². The van der Waals surface area contributed by atoms with Crippen LogP contribution in [-0.2, 0) is 13.0 Å². The Morgan fingerprint density at radius 3 is 2.93 bits per heavy atom. The molecule has 3 aromatic rings. The largest absolute Gasteiger partial charge is 0.508 e. The number of amides is 1. The minimum absolute atomic E-state index is 0.106. The van der Waals surface area contributed by atoms with Gasteiger partial charge in [0.2, 0.25) is 0 Å². The second-order valence-corrected chi connectivity index (χ2v) is 7.09. The summed E-state index contributed by atoms with van der Waals surface area (Å²) in [4.78, 5) is 20.4. The number of phenolic OH excluding ortho intramolecular Hbond substituents is 1. The van der Waals surface area contributed by atoms with E-state index in [0.29, 0.717) is 18.0 Å². The van der Waals surface area contributed by atoms with Crippen molar-refractivity contribution >= 4 is 11.7 Å². The lowest BCUT2D eigenvalue weighted by Gasteiger charge is -2.15. The molecule has 0 aliphatic heterocycles. The van der Waals surface area contributed by atoms with Crippen LogP contribution in [0, 0.1) is 0 Å². The van der Waals surface area contributed by atoms with E-state index in [0.717, 1.165) is 29.5 Å². The Morgan fingerprint density at radius 2 is 2.10 bits per heavy atom. The van der Waals surface area contributed by atoms with E-state index in [4.69, 9.17) is 5.73 Å². The summed E-state index contributed by atoms with van der Waals surface area (Å²) in [6.07, 6.45) is 3.42. The third-order valence-electron chi connectivity index (χ3n) is 5.26. The number of rotatable bonds is 5. The SMILES string of the molecule is CNC(=O)c1nc(-c2cccc(CNC3CCc4c(O)cccc43)c2)cnc1N. The number of nitrogen functional groups attached to an aromatic ring is 1. The van der Waals surface area contributed by atoms with Crippen molar-refractivity contribution in [3.8, 4) is 17.0 Å². The Morgan fingerprint density at radius 1 is 1.28 bits per heavy atom. The third kappa shape index (κ3) is 3.77. The lowest BCUT2D eigenvalue weighted by Crippen LogP contribution is -2.21. The van der Waals surface area contributed by atoms with E-state index in [1.807, 2.05) is 30.3 Å². The summed E-state index contributed by atoms with van der Waals surface area (Å²) >= 11 is 0. The summed E-state index contributed by atoms with van der Waals surface area (Å²) in [5, 5.41) is 16.1. The van der Waals surface area contributed by atoms with Crippen molar-refractivity contribution in [2.45, 2.75) is 25.4 Å². The molecule has 1 unspecified atom stereocenters. The first kappa shape index (κ1) is 18.9. The minimum atomic E-state index is -0.363. The van der Waals surface area contributed by atoms with Gasteiger partial charge in [-0.1, -0.05) is 30.3 Å². The number of aromatic nitrogens is 2. The molecule has 1 heterocycles. The molecule has 4 rings (SSSR count). The Bertz CT molecular complexity index is 1070. The van der Waals surface area contributed by atoms with Gasteiger partial charge < -0.3 is 21.5 Å². The molecule has 0 bridgehead atoms. The standard InChI is InChI=1S/C22H23N5O2/c1-24-22(29)20-21(23)26-12-18(27-20)14-5-2-4-13(10-14)11-25-17-9-8-16-15(17)6-3-7-19(16)28/h2-7,10,12,17,25,28H,8-9,11H2,1H3,(H2,23,26)(H,24,29). The smallest absolute Gasteiger partial charge is 0.273 e. The molecule has 0 spiro atoms. The molecular weight excluding hydrogens is 366 g/mol. The van der Waals surface area contributed by atoms with Gasteiger partial charge in [-0.2, -0.15) is 0 Å². The maximum atomic E-state index is 11.9. The topological polar surface area (TPSA) is 113 Å². The van der Waals surface area contributed by atoms with Gasteiger partial charge in [-0.25, -0.2) is 9.97 Å². The monoisotopic (exact) mass is 389 g/mol. The van der Waals surface area contributed by atoms with E-state index in [-0.39, 0.29) is 23.5 Å². The van der Waals surface area contributed by atoms with Crippen LogP contribution in [0.4, 0.5) is 5.82 Å². The second kappa shape index (κ2) is 7.89. The van der Waals surface area contributed by atoms with E-state index in [1.54, 1.807) is 12.3 Å². The van der Waals surface area contributed by atoms with Gasteiger partial charge in [0.15, 0.2) is 11.5 Å². The van der Waals surface area contributed by atoms with Crippen LogP contribution in [0.1, 0.15) is 39.6 Å². The zero-order valence-electron chi connectivity index (χ0n) is 16.1. The van der Waals surface area contributed by atoms with Crippen molar-refractivity contribution in [3.05, 3.63) is 71.0 Å². The molecule has 5 N–H and O–H groups in total. The predicted octanol–water partition coefficient (Wildman–Crippen LogP) is 2.57. The van der Waals surface area contributed by atoms with Crippen molar-refractivity contribution in [2.75, 3.05) is 12.8 Å². The average Bonchev–Trinajstić information content (AvgIpc) is 3.17. The molecule has 0 fully saturated rings. The van der Waals surface area contributed by atoms with Gasteiger partial charge in [-0.15, -0.1) is 0 Å². The van der Waals surface area contributed by atoms with Gasteiger partial charge >= 0.3 is 0 Å². The Hall–Kier alpha value is -3.45. The second-order valence-electron chi connectivity index (χ2n) is 7.09. The number of anilines is 1. The van der Waals surface area contributed by atoms with Gasteiger partial charge in [0.1, 0.15) is 5.75 Å². The molecule has 1 amide bonds. The van der Waals surface area contributed by atoms with Crippen LogP contribution in [0.3, 0.4) is 0 Å². The fraction of sp³-hybridized carbons (Fsp3) is 0.227. The average molecular weight is 389 g/mol. The summed E-state index contributed by atoms with van der Waals surface area (Å²) in [6.45, 7) is 0.679. The third-order valence-corrected chi connectivity index (χ3v) is 5.26. The number of nitrogens with zero attached hydrogens (tertiary/aromatic N) is 2. The Labute approximate surface area is 169 Å². The van der Waals surface area contributed by atoms with Crippen LogP contribution >= 0.6 is 0 Å². The highest BCUT2D eigenvalue weighted by Gasteiger charge is 2.24. The van der Waals surface area contributed by atoms with E-state index < -0.39 is 0 Å². The van der Waals surface area contributed by atoms with Gasteiger partial charge in [-0.05, 0) is 41.7 Å². The normalized spacial score (nSPS) is 15.1. The zero-order valence-corrected chi connectivity index (χ0v) is 16.1. The van der Waals surface area contributed by atoms with Crippen LogP contribution in [0.2, 0.25) is 0 Å². The Balaban J connectivity index is 1.52. The predicted molar refractivity (Wildman–Crippen MR) is 111 cm³/mol. The summed E-state index contributed by atoms with van der Waals surface area (Å²) in [7, 11) is 1.53. The summed E-state index contributed by atoms with van der Waals surface area (Å²) in [5.74, 6) is 0.120. The molecule has 29 heavy (non-hydrogen) atoms. The molecular formula is C22H23N5O2. The molecule has 1 atom stereocenters. The number of benzene rings is 2. The number of aromatic hydroxyl groups is 1. The lowest BCUT2D eigenvalue weighted by atomic mass is 10.1. The molecule has 7 nitrogen and oxygen atoms in total. The van der Waals surface area contributed by atoms with Crippen molar-refractivity contribution in [2.24, 2.45) is 0 Å². The highest BCUT2D eigenvalue weighted by Crippen LogP contribution is 2.36. The fourth-order valence-electron chi connectivity index (χ4n) is 3.75. The quantitative estimate of drug-likeness (QED) is 0.533. The first-order chi connectivity index (χ1) is 14.1. The minimum Gasteiger partial charge on any atom is -0.508 e. The number of nitrogens with one attached hydrogen (secondary N) is 2. The van der Waals surface area contributed by atoms with Crippen LogP contribution in [-0.4, -0.2) is 28.0 Å². The lowest BCUT2D eigenvalue weighted by molar-refractivity contribution is 0.0959.